The van der Waals surface area contributed by atoms with Crippen molar-refractivity contribution >= 4 is 11.0 Å². The predicted octanol–water partition coefficient (Wildman–Crippen LogP) is 6.34. The van der Waals surface area contributed by atoms with Crippen LogP contribution < -0.4 is 0 Å². The number of benzene rings is 1. The smallest absolute Gasteiger partial charge is 0.134 e. The SMILES string of the molecule is CCC(C)C.CCC1Cc2c(oc3ccc(O)cc23)C2C[C@H](C)CN1C2C. The third kappa shape index (κ3) is 4.03. The van der Waals surface area contributed by atoms with Crippen LogP contribution in [0.4, 0.5) is 0 Å². The Bertz CT molecular complexity index is 763. The summed E-state index contributed by atoms with van der Waals surface area (Å²) in [5.74, 6) is 3.58. The number of hydrogen-bond donors (Lipinski definition) is 1. The van der Waals surface area contributed by atoms with E-state index in [9.17, 15) is 5.11 Å². The molecule has 150 valence electrons. The first kappa shape index (κ1) is 20.3. The van der Waals surface area contributed by atoms with E-state index in [4.69, 9.17) is 4.42 Å². The highest BCUT2D eigenvalue weighted by Crippen LogP contribution is 2.45. The minimum Gasteiger partial charge on any atom is -0.508 e. The van der Waals surface area contributed by atoms with E-state index in [0.717, 1.165) is 29.7 Å². The minimum atomic E-state index is 0.332. The van der Waals surface area contributed by atoms with E-state index < -0.39 is 0 Å². The minimum absolute atomic E-state index is 0.332. The third-order valence-corrected chi connectivity index (χ3v) is 6.62. The fraction of sp³-hybridized carbons (Fsp3) is 0.667. The standard InChI is InChI=1S/C19H25NO2.C5H12/c1-4-13-8-17-16-9-14(21)5-6-18(16)22-19(17)15-7-11(2)10-20(13)12(15)3;1-4-5(2)3/h5-6,9,11-13,15,21H,4,7-8,10H2,1-3H3;5H,4H2,1-3H3/t11-,12?,13?,15?;/m0./s1. The fourth-order valence-electron chi connectivity index (χ4n) is 4.67. The highest BCUT2D eigenvalue weighted by molar-refractivity contribution is 5.84. The van der Waals surface area contributed by atoms with Crippen molar-refractivity contribution in [1.82, 2.24) is 4.90 Å². The first-order valence-electron chi connectivity index (χ1n) is 10.9. The topological polar surface area (TPSA) is 36.6 Å². The van der Waals surface area contributed by atoms with Gasteiger partial charge in [-0.3, -0.25) is 4.90 Å². The van der Waals surface area contributed by atoms with Gasteiger partial charge in [0.15, 0.2) is 0 Å². The summed E-state index contributed by atoms with van der Waals surface area (Å²) in [6, 6.07) is 6.63. The zero-order valence-corrected chi connectivity index (χ0v) is 18.0. The van der Waals surface area contributed by atoms with Crippen LogP contribution in [-0.2, 0) is 6.42 Å². The highest BCUT2D eigenvalue weighted by Gasteiger charge is 2.42. The van der Waals surface area contributed by atoms with Gasteiger partial charge in [-0.05, 0) is 56.2 Å². The average molecular weight is 372 g/mol. The molecule has 4 rings (SSSR count). The predicted molar refractivity (Wildman–Crippen MR) is 113 cm³/mol. The molecule has 0 radical (unpaired) electrons. The Morgan fingerprint density at radius 3 is 2.56 bits per heavy atom. The Labute approximate surface area is 164 Å². The number of nitrogens with zero attached hydrogens (tertiary/aromatic N) is 1. The van der Waals surface area contributed by atoms with Crippen LogP contribution in [0.1, 0.15) is 78.0 Å². The molecule has 5 atom stereocenters. The molecule has 1 aromatic heterocycles. The second-order valence-electron chi connectivity index (χ2n) is 9.08. The molecule has 1 fully saturated rings. The van der Waals surface area contributed by atoms with Crippen molar-refractivity contribution in [2.75, 3.05) is 6.54 Å². The maximum absolute atomic E-state index is 9.87. The molecule has 1 aromatic carbocycles. The summed E-state index contributed by atoms with van der Waals surface area (Å²) >= 11 is 0. The van der Waals surface area contributed by atoms with Crippen LogP contribution in [0, 0.1) is 11.8 Å². The molecule has 1 saturated heterocycles. The van der Waals surface area contributed by atoms with Gasteiger partial charge in [-0.25, -0.2) is 0 Å². The van der Waals surface area contributed by atoms with Gasteiger partial charge < -0.3 is 9.52 Å². The Balaban J connectivity index is 0.000000376. The van der Waals surface area contributed by atoms with Crippen molar-refractivity contribution in [2.24, 2.45) is 11.8 Å². The lowest BCUT2D eigenvalue weighted by atomic mass is 9.83. The van der Waals surface area contributed by atoms with Crippen LogP contribution in [0.3, 0.4) is 0 Å². The van der Waals surface area contributed by atoms with Crippen LogP contribution in [-0.4, -0.2) is 28.6 Å². The van der Waals surface area contributed by atoms with E-state index in [1.165, 1.54) is 30.7 Å². The maximum Gasteiger partial charge on any atom is 0.134 e. The number of phenols is 1. The average Bonchev–Trinajstić information content (AvgIpc) is 2.96. The molecule has 2 aromatic rings. The summed E-state index contributed by atoms with van der Waals surface area (Å²) in [7, 11) is 0. The van der Waals surface area contributed by atoms with Crippen molar-refractivity contribution in [3.8, 4) is 5.75 Å². The van der Waals surface area contributed by atoms with Gasteiger partial charge in [0.2, 0.25) is 0 Å². The van der Waals surface area contributed by atoms with Crippen molar-refractivity contribution in [3.05, 3.63) is 29.5 Å². The Morgan fingerprint density at radius 2 is 1.93 bits per heavy atom. The molecule has 2 aliphatic heterocycles. The van der Waals surface area contributed by atoms with E-state index in [1.807, 2.05) is 12.1 Å². The van der Waals surface area contributed by atoms with E-state index in [2.05, 4.69) is 46.4 Å². The lowest BCUT2D eigenvalue weighted by Gasteiger charge is -2.43. The summed E-state index contributed by atoms with van der Waals surface area (Å²) in [6.07, 6.45) is 4.71. The summed E-state index contributed by atoms with van der Waals surface area (Å²) in [6.45, 7) is 14.8. The maximum atomic E-state index is 9.87. The van der Waals surface area contributed by atoms with Crippen LogP contribution in [0.2, 0.25) is 0 Å². The van der Waals surface area contributed by atoms with Gasteiger partial charge in [0.1, 0.15) is 17.1 Å². The van der Waals surface area contributed by atoms with Gasteiger partial charge in [0.05, 0.1) is 0 Å². The summed E-state index contributed by atoms with van der Waals surface area (Å²) in [5.41, 5.74) is 2.27. The molecule has 0 amide bonds. The largest absolute Gasteiger partial charge is 0.508 e. The zero-order valence-electron chi connectivity index (χ0n) is 18.0. The molecule has 3 nitrogen and oxygen atoms in total. The Kier molecular flexibility index (Phi) is 6.20. The molecular formula is C24H37NO2. The van der Waals surface area contributed by atoms with E-state index in [0.29, 0.717) is 29.7 Å². The van der Waals surface area contributed by atoms with E-state index in [-0.39, 0.29) is 0 Å². The van der Waals surface area contributed by atoms with Crippen LogP contribution in [0.5, 0.6) is 5.75 Å². The van der Waals surface area contributed by atoms with Crippen molar-refractivity contribution in [3.63, 3.8) is 0 Å². The number of aromatic hydroxyl groups is 1. The first-order chi connectivity index (χ1) is 12.8. The van der Waals surface area contributed by atoms with Gasteiger partial charge in [-0.1, -0.05) is 41.0 Å². The molecule has 3 heteroatoms. The van der Waals surface area contributed by atoms with E-state index in [1.54, 1.807) is 6.07 Å². The number of hydrogen-bond acceptors (Lipinski definition) is 3. The monoisotopic (exact) mass is 371 g/mol. The molecule has 2 bridgehead atoms. The van der Waals surface area contributed by atoms with Crippen LogP contribution in [0.25, 0.3) is 11.0 Å². The van der Waals surface area contributed by atoms with Crippen molar-refractivity contribution in [2.45, 2.75) is 85.2 Å². The molecule has 2 aliphatic rings. The number of furan rings is 1. The molecule has 1 N–H and O–H groups in total. The molecule has 27 heavy (non-hydrogen) atoms. The van der Waals surface area contributed by atoms with Gasteiger partial charge in [0.25, 0.3) is 0 Å². The second-order valence-corrected chi connectivity index (χ2v) is 9.08. The van der Waals surface area contributed by atoms with Gasteiger partial charge >= 0.3 is 0 Å². The number of fused-ring (bicyclic) bond motifs is 6. The molecule has 0 spiro atoms. The Morgan fingerprint density at radius 1 is 1.22 bits per heavy atom. The molecule has 3 heterocycles. The van der Waals surface area contributed by atoms with Crippen molar-refractivity contribution in [1.29, 1.82) is 0 Å². The highest BCUT2D eigenvalue weighted by atomic mass is 16.3. The number of piperidine rings is 1. The number of phenolic OH excluding ortho intramolecular Hbond substituents is 1. The summed E-state index contributed by atoms with van der Waals surface area (Å²) in [5, 5.41) is 11.0. The molecule has 0 saturated carbocycles. The zero-order chi connectivity index (χ0) is 19.7. The summed E-state index contributed by atoms with van der Waals surface area (Å²) in [4.78, 5) is 2.70. The number of rotatable bonds is 2. The Hall–Kier alpha value is -1.48. The van der Waals surface area contributed by atoms with E-state index >= 15 is 0 Å². The summed E-state index contributed by atoms with van der Waals surface area (Å²) < 4.78 is 6.29. The van der Waals surface area contributed by atoms with Crippen LogP contribution in [0.15, 0.2) is 22.6 Å². The lowest BCUT2D eigenvalue weighted by molar-refractivity contribution is 0.0606. The van der Waals surface area contributed by atoms with Crippen molar-refractivity contribution < 1.29 is 9.52 Å². The molecule has 0 aliphatic carbocycles. The quantitative estimate of drug-likeness (QED) is 0.669. The van der Waals surface area contributed by atoms with Gasteiger partial charge in [-0.15, -0.1) is 0 Å². The lowest BCUT2D eigenvalue weighted by Crippen LogP contribution is -2.49. The van der Waals surface area contributed by atoms with Gasteiger partial charge in [0, 0.05) is 35.5 Å². The molecular weight excluding hydrogens is 334 g/mol. The second kappa shape index (κ2) is 8.26. The van der Waals surface area contributed by atoms with Crippen LogP contribution >= 0.6 is 0 Å². The first-order valence-corrected chi connectivity index (χ1v) is 10.9. The van der Waals surface area contributed by atoms with Gasteiger partial charge in [-0.2, -0.15) is 0 Å². The third-order valence-electron chi connectivity index (χ3n) is 6.62. The fourth-order valence-corrected chi connectivity index (χ4v) is 4.67. The molecule has 4 unspecified atom stereocenters. The normalized spacial score (nSPS) is 29.8.